The summed E-state index contributed by atoms with van der Waals surface area (Å²) in [6, 6.07) is 9.08. The van der Waals surface area contributed by atoms with Crippen LogP contribution in [0.4, 0.5) is 14.5 Å². The molecule has 0 aliphatic heterocycles. The predicted octanol–water partition coefficient (Wildman–Crippen LogP) is 3.58. The van der Waals surface area contributed by atoms with Crippen molar-refractivity contribution in [2.24, 2.45) is 0 Å². The van der Waals surface area contributed by atoms with Crippen LogP contribution in [0.5, 0.6) is 0 Å². The van der Waals surface area contributed by atoms with Crippen molar-refractivity contribution in [3.8, 4) is 0 Å². The standard InChI is InChI=1S/C15H13BrF2N2O/c1-20(8-9-4-2-3-5-11(9)16)15(21)10-6-12(17)13(18)7-14(10)19/h2-7H,8,19H2,1H3. The van der Waals surface area contributed by atoms with E-state index < -0.39 is 17.5 Å². The highest BCUT2D eigenvalue weighted by molar-refractivity contribution is 9.10. The molecule has 0 radical (unpaired) electrons. The predicted molar refractivity (Wildman–Crippen MR) is 80.7 cm³/mol. The van der Waals surface area contributed by atoms with Gasteiger partial charge in [-0.25, -0.2) is 8.78 Å². The van der Waals surface area contributed by atoms with Crippen LogP contribution in [-0.4, -0.2) is 17.9 Å². The molecule has 0 atom stereocenters. The van der Waals surface area contributed by atoms with Crippen LogP contribution in [-0.2, 0) is 6.54 Å². The fourth-order valence-electron chi connectivity index (χ4n) is 1.91. The van der Waals surface area contributed by atoms with Crippen molar-refractivity contribution in [3.63, 3.8) is 0 Å². The van der Waals surface area contributed by atoms with E-state index in [0.717, 1.165) is 22.2 Å². The van der Waals surface area contributed by atoms with Gasteiger partial charge in [0.1, 0.15) is 0 Å². The number of carbonyl (C=O) groups excluding carboxylic acids is 1. The number of amides is 1. The molecule has 0 aliphatic carbocycles. The second-order valence-electron chi connectivity index (χ2n) is 4.61. The zero-order chi connectivity index (χ0) is 15.6. The Morgan fingerprint density at radius 2 is 1.86 bits per heavy atom. The summed E-state index contributed by atoms with van der Waals surface area (Å²) in [7, 11) is 1.57. The molecular formula is C15H13BrF2N2O. The molecule has 0 fully saturated rings. The lowest BCUT2D eigenvalue weighted by atomic mass is 10.1. The van der Waals surface area contributed by atoms with Crippen molar-refractivity contribution in [2.45, 2.75) is 6.54 Å². The van der Waals surface area contributed by atoms with Gasteiger partial charge in [-0.05, 0) is 17.7 Å². The molecule has 3 nitrogen and oxygen atoms in total. The maximum Gasteiger partial charge on any atom is 0.256 e. The summed E-state index contributed by atoms with van der Waals surface area (Å²) in [5.74, 6) is -2.64. The second-order valence-corrected chi connectivity index (χ2v) is 5.46. The molecule has 2 aromatic rings. The van der Waals surface area contributed by atoms with Gasteiger partial charge < -0.3 is 10.6 Å². The Balaban J connectivity index is 2.24. The first-order valence-corrected chi connectivity index (χ1v) is 6.93. The van der Waals surface area contributed by atoms with Crippen LogP contribution in [0.3, 0.4) is 0 Å². The Morgan fingerprint density at radius 3 is 2.52 bits per heavy atom. The maximum atomic E-state index is 13.3. The van der Waals surface area contributed by atoms with Gasteiger partial charge in [-0.15, -0.1) is 0 Å². The summed E-state index contributed by atoms with van der Waals surface area (Å²) in [5, 5.41) is 0. The normalized spacial score (nSPS) is 10.5. The number of hydrogen-bond acceptors (Lipinski definition) is 2. The average Bonchev–Trinajstić information content (AvgIpc) is 2.44. The number of nitrogens with two attached hydrogens (primary N) is 1. The summed E-state index contributed by atoms with van der Waals surface area (Å²) in [6.07, 6.45) is 0. The van der Waals surface area contributed by atoms with Gasteiger partial charge in [-0.2, -0.15) is 0 Å². The lowest BCUT2D eigenvalue weighted by molar-refractivity contribution is 0.0785. The minimum Gasteiger partial charge on any atom is -0.398 e. The number of benzene rings is 2. The minimum atomic E-state index is -1.10. The first-order chi connectivity index (χ1) is 9.90. The fraction of sp³-hybridized carbons (Fsp3) is 0.133. The largest absolute Gasteiger partial charge is 0.398 e. The van der Waals surface area contributed by atoms with Crippen LogP contribution >= 0.6 is 15.9 Å². The molecule has 2 aromatic carbocycles. The first-order valence-electron chi connectivity index (χ1n) is 6.13. The molecule has 0 saturated heterocycles. The number of rotatable bonds is 3. The van der Waals surface area contributed by atoms with E-state index in [4.69, 9.17) is 5.73 Å². The third kappa shape index (κ3) is 3.39. The van der Waals surface area contributed by atoms with Crippen LogP contribution in [0.25, 0.3) is 0 Å². The third-order valence-electron chi connectivity index (χ3n) is 3.03. The van der Waals surface area contributed by atoms with E-state index in [1.807, 2.05) is 24.3 Å². The smallest absolute Gasteiger partial charge is 0.256 e. The van der Waals surface area contributed by atoms with Crippen molar-refractivity contribution in [2.75, 3.05) is 12.8 Å². The molecule has 2 N–H and O–H groups in total. The molecular weight excluding hydrogens is 342 g/mol. The summed E-state index contributed by atoms with van der Waals surface area (Å²) >= 11 is 3.39. The van der Waals surface area contributed by atoms with Gasteiger partial charge in [-0.3, -0.25) is 4.79 Å². The van der Waals surface area contributed by atoms with Crippen LogP contribution in [0, 0.1) is 11.6 Å². The Labute approximate surface area is 129 Å². The molecule has 0 heterocycles. The van der Waals surface area contributed by atoms with E-state index in [1.54, 1.807) is 7.05 Å². The van der Waals surface area contributed by atoms with Crippen molar-refractivity contribution < 1.29 is 13.6 Å². The lowest BCUT2D eigenvalue weighted by Crippen LogP contribution is -2.27. The molecule has 1 amide bonds. The monoisotopic (exact) mass is 354 g/mol. The molecule has 0 aliphatic rings. The van der Waals surface area contributed by atoms with Crippen molar-refractivity contribution in [1.29, 1.82) is 0 Å². The van der Waals surface area contributed by atoms with E-state index in [1.165, 1.54) is 4.90 Å². The van der Waals surface area contributed by atoms with E-state index in [0.29, 0.717) is 6.54 Å². The van der Waals surface area contributed by atoms with Crippen molar-refractivity contribution >= 4 is 27.5 Å². The highest BCUT2D eigenvalue weighted by Gasteiger charge is 2.18. The van der Waals surface area contributed by atoms with Crippen molar-refractivity contribution in [3.05, 3.63) is 63.6 Å². The number of nitrogens with zero attached hydrogens (tertiary/aromatic N) is 1. The number of anilines is 1. The van der Waals surface area contributed by atoms with Gasteiger partial charge in [0.2, 0.25) is 0 Å². The third-order valence-corrected chi connectivity index (χ3v) is 3.81. The van der Waals surface area contributed by atoms with Gasteiger partial charge in [0.15, 0.2) is 11.6 Å². The van der Waals surface area contributed by atoms with E-state index >= 15 is 0 Å². The molecule has 0 unspecified atom stereocenters. The zero-order valence-corrected chi connectivity index (χ0v) is 12.8. The number of halogens is 3. The molecule has 0 aromatic heterocycles. The highest BCUT2D eigenvalue weighted by Crippen LogP contribution is 2.21. The molecule has 110 valence electrons. The number of hydrogen-bond donors (Lipinski definition) is 1. The molecule has 0 spiro atoms. The maximum absolute atomic E-state index is 13.3. The zero-order valence-electron chi connectivity index (χ0n) is 11.2. The quantitative estimate of drug-likeness (QED) is 0.856. The second kappa shape index (κ2) is 6.22. The van der Waals surface area contributed by atoms with Gasteiger partial charge in [-0.1, -0.05) is 34.1 Å². The summed E-state index contributed by atoms with van der Waals surface area (Å²) in [6.45, 7) is 0.318. The van der Waals surface area contributed by atoms with Gasteiger partial charge in [0, 0.05) is 29.8 Å². The van der Waals surface area contributed by atoms with Gasteiger partial charge >= 0.3 is 0 Å². The summed E-state index contributed by atoms with van der Waals surface area (Å²) < 4.78 is 27.2. The summed E-state index contributed by atoms with van der Waals surface area (Å²) in [4.78, 5) is 13.7. The van der Waals surface area contributed by atoms with Crippen LogP contribution in [0.1, 0.15) is 15.9 Å². The van der Waals surface area contributed by atoms with E-state index in [2.05, 4.69) is 15.9 Å². The fourth-order valence-corrected chi connectivity index (χ4v) is 2.32. The first kappa shape index (κ1) is 15.4. The Hall–Kier alpha value is -1.95. The molecule has 6 heteroatoms. The number of carbonyl (C=O) groups is 1. The van der Waals surface area contributed by atoms with E-state index in [9.17, 15) is 13.6 Å². The summed E-state index contributed by atoms with van der Waals surface area (Å²) in [5.41, 5.74) is 6.35. The average molecular weight is 355 g/mol. The van der Waals surface area contributed by atoms with Crippen molar-refractivity contribution in [1.82, 2.24) is 4.90 Å². The highest BCUT2D eigenvalue weighted by atomic mass is 79.9. The molecule has 0 bridgehead atoms. The van der Waals surface area contributed by atoms with Gasteiger partial charge in [0.05, 0.1) is 5.56 Å². The Morgan fingerprint density at radius 1 is 1.24 bits per heavy atom. The lowest BCUT2D eigenvalue weighted by Gasteiger charge is -2.19. The van der Waals surface area contributed by atoms with Crippen LogP contribution in [0.2, 0.25) is 0 Å². The molecule has 0 saturated carbocycles. The molecule has 2 rings (SSSR count). The van der Waals surface area contributed by atoms with Gasteiger partial charge in [0.25, 0.3) is 5.91 Å². The SMILES string of the molecule is CN(Cc1ccccc1Br)C(=O)c1cc(F)c(F)cc1N. The Kier molecular flexibility index (Phi) is 4.57. The molecule has 21 heavy (non-hydrogen) atoms. The van der Waals surface area contributed by atoms with Crippen LogP contribution < -0.4 is 5.73 Å². The minimum absolute atomic E-state index is 0.0524. The van der Waals surface area contributed by atoms with E-state index in [-0.39, 0.29) is 11.3 Å². The topological polar surface area (TPSA) is 46.3 Å². The van der Waals surface area contributed by atoms with Crippen LogP contribution in [0.15, 0.2) is 40.9 Å². The Bertz CT molecular complexity index is 691. The number of nitrogen functional groups attached to an aromatic ring is 1.